The number of carbonyl (C=O) groups excluding carboxylic acids is 6. The summed E-state index contributed by atoms with van der Waals surface area (Å²) in [5, 5.41) is 12.8. The number of sulfone groups is 1. The number of aliphatic hydroxyl groups excluding tert-OH is 1. The topological polar surface area (TPSA) is 220 Å². The quantitative estimate of drug-likeness (QED) is 0.226. The van der Waals surface area contributed by atoms with Crippen molar-refractivity contribution in [3.63, 3.8) is 0 Å². The maximum absolute atomic E-state index is 14.2. The third-order valence-corrected chi connectivity index (χ3v) is 13.5. The van der Waals surface area contributed by atoms with Gasteiger partial charge in [0.05, 0.1) is 35.4 Å². The third kappa shape index (κ3) is 9.10. The SMILES string of the molecule is CCN(CC)CCS(=O)(=O)[C@@H]1CCN2C(=O)c3coc(n3)CC(=O)C[C@H](O)C3C(C)=CC(CNC(=O)/C=C/[C@@H](C)[C@@H](C(C)C)OC(=O)[C@@H]12)C1C(=O)OC(=O)C13. The summed E-state index contributed by atoms with van der Waals surface area (Å²) < 4.78 is 44.2. The highest BCUT2D eigenvalue weighted by Crippen LogP contribution is 2.45. The van der Waals surface area contributed by atoms with E-state index in [4.69, 9.17) is 13.9 Å². The zero-order valence-electron chi connectivity index (χ0n) is 32.1. The normalized spacial score (nSPS) is 31.9. The van der Waals surface area contributed by atoms with Crippen molar-refractivity contribution in [1.82, 2.24) is 20.1 Å². The van der Waals surface area contributed by atoms with Gasteiger partial charge in [0.1, 0.15) is 24.2 Å². The lowest BCUT2D eigenvalue weighted by Crippen LogP contribution is -2.50. The summed E-state index contributed by atoms with van der Waals surface area (Å²) in [6, 6.07) is -1.51. The predicted octanol–water partition coefficient (Wildman–Crippen LogP) is 1.27. The molecule has 4 heterocycles. The highest BCUT2D eigenvalue weighted by Gasteiger charge is 2.56. The van der Waals surface area contributed by atoms with Crippen LogP contribution in [0.5, 0.6) is 0 Å². The first-order chi connectivity index (χ1) is 26.0. The largest absolute Gasteiger partial charge is 0.460 e. The molecule has 0 spiro atoms. The van der Waals surface area contributed by atoms with Gasteiger partial charge in [0, 0.05) is 43.8 Å². The molecule has 1 aliphatic carbocycles. The van der Waals surface area contributed by atoms with Gasteiger partial charge in [-0.2, -0.15) is 0 Å². The van der Waals surface area contributed by atoms with E-state index in [1.807, 2.05) is 32.6 Å². The molecule has 1 aromatic heterocycles. The number of nitrogens with one attached hydrogen (secondary N) is 1. The van der Waals surface area contributed by atoms with E-state index in [1.54, 1.807) is 26.0 Å². The number of aromatic nitrogens is 1. The number of cyclic esters (lactones) is 3. The van der Waals surface area contributed by atoms with Gasteiger partial charge in [0.25, 0.3) is 5.91 Å². The Bertz CT molecular complexity index is 1830. The van der Waals surface area contributed by atoms with Crippen molar-refractivity contribution < 1.29 is 56.2 Å². The van der Waals surface area contributed by atoms with E-state index in [1.165, 1.54) is 6.08 Å². The minimum Gasteiger partial charge on any atom is -0.460 e. The molecule has 302 valence electrons. The molecule has 1 aromatic rings. The lowest BCUT2D eigenvalue weighted by atomic mass is 9.66. The van der Waals surface area contributed by atoms with Crippen LogP contribution in [0.2, 0.25) is 0 Å². The summed E-state index contributed by atoms with van der Waals surface area (Å²) in [6.07, 6.45) is 2.43. The molecule has 55 heavy (non-hydrogen) atoms. The molecule has 5 rings (SSSR count). The van der Waals surface area contributed by atoms with Crippen LogP contribution in [0.3, 0.4) is 0 Å². The van der Waals surface area contributed by atoms with Gasteiger partial charge in [-0.1, -0.05) is 52.3 Å². The Labute approximate surface area is 321 Å². The van der Waals surface area contributed by atoms with Crippen LogP contribution in [-0.4, -0.2) is 126 Å². The van der Waals surface area contributed by atoms with Crippen molar-refractivity contribution in [3.05, 3.63) is 41.6 Å². The lowest BCUT2D eigenvalue weighted by Gasteiger charge is -2.36. The molecule has 4 unspecified atom stereocenters. The van der Waals surface area contributed by atoms with E-state index in [9.17, 15) is 42.3 Å². The predicted molar refractivity (Wildman–Crippen MR) is 195 cm³/mol. The number of Topliss-reactive ketones (excluding diaryl/α,β-unsaturated/α-hetero) is 1. The Kier molecular flexibility index (Phi) is 13.2. The van der Waals surface area contributed by atoms with Crippen LogP contribution in [0.4, 0.5) is 0 Å². The molecule has 9 atom stereocenters. The van der Waals surface area contributed by atoms with Crippen molar-refractivity contribution in [1.29, 1.82) is 0 Å². The van der Waals surface area contributed by atoms with Crippen molar-refractivity contribution >= 4 is 45.3 Å². The first-order valence-electron chi connectivity index (χ1n) is 19.0. The molecule has 0 saturated carbocycles. The van der Waals surface area contributed by atoms with Gasteiger partial charge >= 0.3 is 17.9 Å². The number of esters is 3. The zero-order chi connectivity index (χ0) is 40.4. The van der Waals surface area contributed by atoms with Gasteiger partial charge in [0.2, 0.25) is 11.8 Å². The molecule has 3 aliphatic heterocycles. The summed E-state index contributed by atoms with van der Waals surface area (Å²) in [5.41, 5.74) is 0.296. The number of ketones is 1. The highest BCUT2D eigenvalue weighted by atomic mass is 32.2. The van der Waals surface area contributed by atoms with Crippen LogP contribution in [0.25, 0.3) is 0 Å². The number of hydrogen-bond acceptors (Lipinski definition) is 14. The fourth-order valence-corrected chi connectivity index (χ4v) is 10.3. The van der Waals surface area contributed by atoms with E-state index in [-0.39, 0.29) is 49.3 Å². The zero-order valence-corrected chi connectivity index (χ0v) is 33.0. The fraction of sp³-hybridized carbons (Fsp3) is 0.658. The smallest absolute Gasteiger partial charge is 0.330 e. The second-order valence-electron chi connectivity index (χ2n) is 15.3. The van der Waals surface area contributed by atoms with Gasteiger partial charge in [-0.05, 0) is 38.4 Å². The first kappa shape index (κ1) is 41.9. The summed E-state index contributed by atoms with van der Waals surface area (Å²) in [5.74, 6) is -9.22. The van der Waals surface area contributed by atoms with E-state index < -0.39 is 111 Å². The molecule has 16 nitrogen and oxygen atoms in total. The van der Waals surface area contributed by atoms with Crippen LogP contribution in [0.1, 0.15) is 70.8 Å². The molecular weight excluding hydrogens is 737 g/mol. The summed E-state index contributed by atoms with van der Waals surface area (Å²) in [4.78, 5) is 87.5. The van der Waals surface area contributed by atoms with Gasteiger partial charge < -0.3 is 34.1 Å². The minimum atomic E-state index is -3.93. The number of ether oxygens (including phenoxy) is 2. The second kappa shape index (κ2) is 17.3. The summed E-state index contributed by atoms with van der Waals surface area (Å²) >= 11 is 0. The molecule has 0 aromatic carbocycles. The van der Waals surface area contributed by atoms with Crippen molar-refractivity contribution in [2.75, 3.05) is 38.5 Å². The van der Waals surface area contributed by atoms with Crippen molar-refractivity contribution in [3.8, 4) is 0 Å². The van der Waals surface area contributed by atoms with Gasteiger partial charge in [-0.15, -0.1) is 0 Å². The monoisotopic (exact) mass is 788 g/mol. The minimum absolute atomic E-state index is 0.0217. The van der Waals surface area contributed by atoms with E-state index in [0.717, 1.165) is 11.2 Å². The number of fused-ring (bicyclic) bond motifs is 8. The maximum Gasteiger partial charge on any atom is 0.330 e. The van der Waals surface area contributed by atoms with Crippen molar-refractivity contribution in [2.45, 2.75) is 84.3 Å². The molecule has 2 amide bonds. The standard InChI is InChI=1S/C38H52N4O12S/c1-7-41(8-2)13-14-55(50,51)27-11-12-42-33(27)38(49)53-34(20(3)4)21(5)9-10-28(45)39-18-23-15-22(6)30(32-31(23)36(47)54-37(32)48)26(44)16-24(43)17-29-40-25(19-52-29)35(42)46/h9-10,15,19-21,23,26-27,30-34,44H,7-8,11-14,16-18H2,1-6H3,(H,39,45)/b10-9+/t21-,23?,26+,27-,30?,31?,32?,33-,34-/m1/s1. The Balaban J connectivity index is 1.49. The van der Waals surface area contributed by atoms with Gasteiger partial charge in [-0.3, -0.25) is 24.0 Å². The van der Waals surface area contributed by atoms with E-state index in [2.05, 4.69) is 10.3 Å². The molecule has 0 radical (unpaired) electrons. The lowest BCUT2D eigenvalue weighted by molar-refractivity contribution is -0.158. The highest BCUT2D eigenvalue weighted by molar-refractivity contribution is 7.92. The average molecular weight is 789 g/mol. The fourth-order valence-electron chi connectivity index (χ4n) is 8.42. The molecule has 17 heteroatoms. The Morgan fingerprint density at radius 1 is 1.04 bits per heavy atom. The number of aliphatic hydroxyl groups is 1. The Morgan fingerprint density at radius 2 is 1.73 bits per heavy atom. The van der Waals surface area contributed by atoms with E-state index in [0.29, 0.717) is 18.7 Å². The molecule has 2 saturated heterocycles. The number of amides is 2. The maximum atomic E-state index is 14.2. The molecule has 2 fully saturated rings. The van der Waals surface area contributed by atoms with Crippen LogP contribution >= 0.6 is 0 Å². The third-order valence-electron chi connectivity index (χ3n) is 11.3. The number of oxazole rings is 1. The van der Waals surface area contributed by atoms with Gasteiger partial charge in [0.15, 0.2) is 15.5 Å². The van der Waals surface area contributed by atoms with Crippen LogP contribution in [-0.2, 0) is 49.7 Å². The summed E-state index contributed by atoms with van der Waals surface area (Å²) in [7, 11) is -3.93. The Hall–Kier alpha value is -4.22. The average Bonchev–Trinajstić information content (AvgIpc) is 3.86. The molecule has 4 aliphatic rings. The first-order valence-corrected chi connectivity index (χ1v) is 20.7. The van der Waals surface area contributed by atoms with Crippen LogP contribution in [0.15, 0.2) is 34.5 Å². The number of hydrogen-bond donors (Lipinski definition) is 2. The van der Waals surface area contributed by atoms with Crippen LogP contribution < -0.4 is 5.32 Å². The number of nitrogens with zero attached hydrogens (tertiary/aromatic N) is 3. The van der Waals surface area contributed by atoms with Crippen molar-refractivity contribution in [2.24, 2.45) is 35.5 Å². The van der Waals surface area contributed by atoms with Gasteiger partial charge in [-0.25, -0.2) is 18.2 Å². The second-order valence-corrected chi connectivity index (χ2v) is 17.6. The Morgan fingerprint density at radius 3 is 2.40 bits per heavy atom. The summed E-state index contributed by atoms with van der Waals surface area (Å²) in [6.45, 7) is 12.3. The van der Waals surface area contributed by atoms with Crippen LogP contribution in [0, 0.1) is 35.5 Å². The van der Waals surface area contributed by atoms with E-state index >= 15 is 0 Å². The number of rotatable bonds is 7. The number of carbonyl (C=O) groups is 6. The molecule has 4 bridgehead atoms. The molecule has 2 N–H and O–H groups in total. The molecular formula is C38H52N4O12S.